The van der Waals surface area contributed by atoms with Gasteiger partial charge in [0, 0.05) is 31.4 Å². The zero-order chi connectivity index (χ0) is 24.4. The fourth-order valence-electron chi connectivity index (χ4n) is 4.99. The molecular formula is C28H34N2O4. The minimum Gasteiger partial charge on any atom is -0.507 e. The van der Waals surface area contributed by atoms with Crippen molar-refractivity contribution in [3.05, 3.63) is 65.2 Å². The molecule has 34 heavy (non-hydrogen) atoms. The lowest BCUT2D eigenvalue weighted by molar-refractivity contribution is -0.141. The van der Waals surface area contributed by atoms with E-state index >= 15 is 0 Å². The molecule has 1 saturated heterocycles. The first-order valence-corrected chi connectivity index (χ1v) is 12.1. The predicted octanol–water partition coefficient (Wildman–Crippen LogP) is 5.29. The summed E-state index contributed by atoms with van der Waals surface area (Å²) in [5.74, 6) is -0.596. The highest BCUT2D eigenvalue weighted by atomic mass is 16.5. The van der Waals surface area contributed by atoms with Gasteiger partial charge in [0.15, 0.2) is 0 Å². The first-order valence-electron chi connectivity index (χ1n) is 12.1. The van der Waals surface area contributed by atoms with E-state index in [1.54, 1.807) is 29.2 Å². The smallest absolute Gasteiger partial charge is 0.295 e. The van der Waals surface area contributed by atoms with Crippen LogP contribution < -0.4 is 9.64 Å². The van der Waals surface area contributed by atoms with E-state index in [1.807, 2.05) is 57.1 Å². The lowest BCUT2D eigenvalue weighted by Gasteiger charge is -2.35. The van der Waals surface area contributed by atoms with Crippen LogP contribution in [0.3, 0.4) is 0 Å². The molecule has 1 aliphatic heterocycles. The molecule has 2 fully saturated rings. The Morgan fingerprint density at radius 2 is 1.59 bits per heavy atom. The summed E-state index contributed by atoms with van der Waals surface area (Å²) in [6.07, 6.45) is 5.01. The van der Waals surface area contributed by atoms with Gasteiger partial charge in [0.25, 0.3) is 11.7 Å². The average Bonchev–Trinajstić information content (AvgIpc) is 3.09. The molecule has 1 saturated carbocycles. The Kier molecular flexibility index (Phi) is 6.96. The summed E-state index contributed by atoms with van der Waals surface area (Å²) in [4.78, 5) is 30.3. The maximum atomic E-state index is 13.3. The second-order valence-corrected chi connectivity index (χ2v) is 9.68. The van der Waals surface area contributed by atoms with Gasteiger partial charge in [-0.3, -0.25) is 9.59 Å². The number of anilines is 1. The molecular weight excluding hydrogens is 428 g/mol. The van der Waals surface area contributed by atoms with Crippen molar-refractivity contribution in [2.75, 3.05) is 19.0 Å². The van der Waals surface area contributed by atoms with Crippen molar-refractivity contribution < 1.29 is 19.4 Å². The molecule has 6 nitrogen and oxygen atoms in total. The Hall–Kier alpha value is -3.28. The second-order valence-electron chi connectivity index (χ2n) is 9.68. The average molecular weight is 463 g/mol. The molecule has 2 aliphatic rings. The minimum atomic E-state index is -0.618. The quantitative estimate of drug-likeness (QED) is 0.359. The van der Waals surface area contributed by atoms with Gasteiger partial charge in [0.05, 0.1) is 17.7 Å². The number of hydrogen-bond donors (Lipinski definition) is 1. The number of Topliss-reactive ketones (excluding diaryl/α,β-unsaturated/α-hetero) is 1. The van der Waals surface area contributed by atoms with Gasteiger partial charge in [-0.15, -0.1) is 0 Å². The van der Waals surface area contributed by atoms with Gasteiger partial charge in [-0.25, -0.2) is 0 Å². The van der Waals surface area contributed by atoms with Crippen LogP contribution in [0.4, 0.5) is 5.69 Å². The third-order valence-corrected chi connectivity index (χ3v) is 6.67. The number of hydrogen-bond acceptors (Lipinski definition) is 5. The number of likely N-dealkylation sites (tertiary alicyclic amines) is 1. The van der Waals surface area contributed by atoms with Gasteiger partial charge < -0.3 is 19.6 Å². The van der Waals surface area contributed by atoms with Gasteiger partial charge in [-0.2, -0.15) is 0 Å². The lowest BCUT2D eigenvalue weighted by atomic mass is 9.91. The number of ether oxygens (including phenoxy) is 1. The molecule has 4 rings (SSSR count). The summed E-state index contributed by atoms with van der Waals surface area (Å²) in [6.45, 7) is 3.89. The van der Waals surface area contributed by atoms with E-state index in [0.717, 1.165) is 43.4 Å². The van der Waals surface area contributed by atoms with Crippen molar-refractivity contribution in [3.63, 3.8) is 0 Å². The van der Waals surface area contributed by atoms with E-state index in [0.29, 0.717) is 11.3 Å². The molecule has 1 atom stereocenters. The molecule has 1 unspecified atom stereocenters. The molecule has 1 aliphatic carbocycles. The molecule has 180 valence electrons. The molecule has 0 radical (unpaired) electrons. The Labute approximate surface area is 201 Å². The number of carbonyl (C=O) groups is 2. The van der Waals surface area contributed by atoms with Crippen molar-refractivity contribution in [3.8, 4) is 5.75 Å². The number of amides is 1. The van der Waals surface area contributed by atoms with E-state index in [4.69, 9.17) is 4.74 Å². The Morgan fingerprint density at radius 1 is 0.971 bits per heavy atom. The summed E-state index contributed by atoms with van der Waals surface area (Å²) < 4.78 is 5.70. The van der Waals surface area contributed by atoms with Gasteiger partial charge in [0.1, 0.15) is 11.5 Å². The van der Waals surface area contributed by atoms with Crippen LogP contribution >= 0.6 is 0 Å². The third-order valence-electron chi connectivity index (χ3n) is 6.67. The third kappa shape index (κ3) is 4.67. The molecule has 1 N–H and O–H groups in total. The normalized spacial score (nSPS) is 20.7. The number of carbonyl (C=O) groups excluding carboxylic acids is 2. The maximum Gasteiger partial charge on any atom is 0.295 e. The molecule has 2 aromatic carbocycles. The van der Waals surface area contributed by atoms with Crippen LogP contribution in [0.1, 0.15) is 63.1 Å². The number of aliphatic hydroxyl groups excluding tert-OH is 1. The Morgan fingerprint density at radius 3 is 2.15 bits per heavy atom. The standard InChI is InChI=1S/C28H34N2O4/c1-18(2)34-23-16-12-20(13-17-23)26(31)24-25(19-10-14-21(15-11-19)29(3)4)30(28(33)27(24)32)22-8-6-5-7-9-22/h10-18,22,25,31H,5-9H2,1-4H3/b26-24-. The fourth-order valence-corrected chi connectivity index (χ4v) is 4.99. The van der Waals surface area contributed by atoms with E-state index in [2.05, 4.69) is 0 Å². The van der Waals surface area contributed by atoms with Crippen LogP contribution in [0, 0.1) is 0 Å². The zero-order valence-corrected chi connectivity index (χ0v) is 20.5. The SMILES string of the molecule is CC(C)Oc1ccc(/C(O)=C2/C(=O)C(=O)N(C3CCCCC3)C2c2ccc(N(C)C)cc2)cc1. The van der Waals surface area contributed by atoms with Gasteiger partial charge in [-0.05, 0) is 68.7 Å². The number of nitrogens with zero attached hydrogens (tertiary/aromatic N) is 2. The van der Waals surface area contributed by atoms with Crippen LogP contribution in [0.2, 0.25) is 0 Å². The van der Waals surface area contributed by atoms with Crippen LogP contribution in [-0.2, 0) is 9.59 Å². The van der Waals surface area contributed by atoms with E-state index < -0.39 is 17.7 Å². The highest BCUT2D eigenvalue weighted by Gasteiger charge is 2.48. The highest BCUT2D eigenvalue weighted by Crippen LogP contribution is 2.43. The number of ketones is 1. The molecule has 1 amide bonds. The minimum absolute atomic E-state index is 0.00385. The van der Waals surface area contributed by atoms with Crippen LogP contribution in [0.25, 0.3) is 5.76 Å². The highest BCUT2D eigenvalue weighted by molar-refractivity contribution is 6.46. The van der Waals surface area contributed by atoms with Crippen molar-refractivity contribution in [1.29, 1.82) is 0 Å². The van der Waals surface area contributed by atoms with Crippen molar-refractivity contribution >= 4 is 23.1 Å². The van der Waals surface area contributed by atoms with E-state index in [-0.39, 0.29) is 23.5 Å². The number of benzene rings is 2. The summed E-state index contributed by atoms with van der Waals surface area (Å²) in [6, 6.07) is 14.3. The maximum absolute atomic E-state index is 13.3. The van der Waals surface area contributed by atoms with Crippen molar-refractivity contribution in [2.24, 2.45) is 0 Å². The molecule has 2 aromatic rings. The Bertz CT molecular complexity index is 1060. The van der Waals surface area contributed by atoms with Crippen molar-refractivity contribution in [1.82, 2.24) is 4.90 Å². The second kappa shape index (κ2) is 9.92. The molecule has 6 heteroatoms. The summed E-state index contributed by atoms with van der Waals surface area (Å²) >= 11 is 0. The summed E-state index contributed by atoms with van der Waals surface area (Å²) in [5, 5.41) is 11.3. The first-order chi connectivity index (χ1) is 16.3. The summed E-state index contributed by atoms with van der Waals surface area (Å²) in [7, 11) is 3.94. The van der Waals surface area contributed by atoms with Crippen LogP contribution in [0.5, 0.6) is 5.75 Å². The topological polar surface area (TPSA) is 70.1 Å². The van der Waals surface area contributed by atoms with E-state index in [9.17, 15) is 14.7 Å². The first kappa shape index (κ1) is 23.9. The number of rotatable bonds is 6. The molecule has 0 aromatic heterocycles. The van der Waals surface area contributed by atoms with Gasteiger partial charge in [0.2, 0.25) is 0 Å². The van der Waals surface area contributed by atoms with Crippen molar-refractivity contribution in [2.45, 2.75) is 64.1 Å². The largest absolute Gasteiger partial charge is 0.507 e. The van der Waals surface area contributed by atoms with Crippen LogP contribution in [-0.4, -0.2) is 47.9 Å². The lowest BCUT2D eigenvalue weighted by Crippen LogP contribution is -2.40. The van der Waals surface area contributed by atoms with Gasteiger partial charge >= 0.3 is 0 Å². The van der Waals surface area contributed by atoms with E-state index in [1.165, 1.54) is 0 Å². The monoisotopic (exact) mass is 462 g/mol. The summed E-state index contributed by atoms with van der Waals surface area (Å²) in [5.41, 5.74) is 2.51. The van der Waals surface area contributed by atoms with Gasteiger partial charge in [-0.1, -0.05) is 31.4 Å². The number of aliphatic hydroxyl groups is 1. The fraction of sp³-hybridized carbons (Fsp3) is 0.429. The van der Waals surface area contributed by atoms with Crippen LogP contribution in [0.15, 0.2) is 54.1 Å². The molecule has 1 heterocycles. The molecule has 0 spiro atoms. The molecule has 0 bridgehead atoms. The Balaban J connectivity index is 1.79. The predicted molar refractivity (Wildman–Crippen MR) is 134 cm³/mol. The zero-order valence-electron chi connectivity index (χ0n) is 20.5.